The fraction of sp³-hybridized carbons (Fsp3) is 0.300. The molecular formula is C10H11Cl2NO5S2. The number of carbonyl (C=O) groups excluding carboxylic acids is 1. The van der Waals surface area contributed by atoms with Crippen molar-refractivity contribution >= 4 is 52.8 Å². The van der Waals surface area contributed by atoms with Crippen LogP contribution in [-0.2, 0) is 23.7 Å². The van der Waals surface area contributed by atoms with Crippen molar-refractivity contribution in [2.45, 2.75) is 17.1 Å². The Kier molecular flexibility index (Phi) is 5.07. The van der Waals surface area contributed by atoms with Gasteiger partial charge in [-0.3, -0.25) is 4.79 Å². The molecule has 0 aliphatic carbocycles. The number of anilines is 1. The monoisotopic (exact) mass is 359 g/mol. The summed E-state index contributed by atoms with van der Waals surface area (Å²) in [6.45, 7) is 1.23. The number of hydrogen-bond acceptors (Lipinski definition) is 5. The first kappa shape index (κ1) is 17.2. The number of hydrogen-bond donors (Lipinski definition) is 1. The van der Waals surface area contributed by atoms with Gasteiger partial charge in [-0.1, -0.05) is 11.6 Å². The van der Waals surface area contributed by atoms with Crippen LogP contribution in [-0.4, -0.2) is 34.2 Å². The Balaban J connectivity index is 3.04. The van der Waals surface area contributed by atoms with Crippen LogP contribution in [0, 0.1) is 0 Å². The van der Waals surface area contributed by atoms with Gasteiger partial charge in [0.2, 0.25) is 5.91 Å². The van der Waals surface area contributed by atoms with Crippen molar-refractivity contribution in [1.29, 1.82) is 0 Å². The van der Waals surface area contributed by atoms with E-state index in [0.717, 1.165) is 18.4 Å². The Morgan fingerprint density at radius 1 is 1.25 bits per heavy atom. The van der Waals surface area contributed by atoms with Gasteiger partial charge >= 0.3 is 0 Å². The van der Waals surface area contributed by atoms with E-state index in [1.165, 1.54) is 13.0 Å². The zero-order valence-electron chi connectivity index (χ0n) is 10.4. The number of amides is 1. The third-order valence-corrected chi connectivity index (χ3v) is 5.65. The predicted molar refractivity (Wildman–Crippen MR) is 77.4 cm³/mol. The van der Waals surface area contributed by atoms with Crippen molar-refractivity contribution in [3.8, 4) is 0 Å². The molecule has 0 aromatic heterocycles. The molecular weight excluding hydrogens is 349 g/mol. The molecule has 0 fully saturated rings. The minimum absolute atomic E-state index is 0.0687. The van der Waals surface area contributed by atoms with Gasteiger partial charge < -0.3 is 5.32 Å². The Morgan fingerprint density at radius 3 is 2.20 bits per heavy atom. The van der Waals surface area contributed by atoms with E-state index in [1.54, 1.807) is 0 Å². The molecule has 1 aromatic carbocycles. The molecule has 1 N–H and O–H groups in total. The normalized spacial score (nSPS) is 13.8. The summed E-state index contributed by atoms with van der Waals surface area (Å²) in [6.07, 6.45) is 0.933. The van der Waals surface area contributed by atoms with E-state index in [4.69, 9.17) is 22.3 Å². The molecule has 0 saturated carbocycles. The molecule has 20 heavy (non-hydrogen) atoms. The Labute approximate surface area is 126 Å². The molecule has 1 unspecified atom stereocenters. The van der Waals surface area contributed by atoms with Crippen LogP contribution in [0.3, 0.4) is 0 Å². The minimum Gasteiger partial charge on any atom is -0.324 e. The highest BCUT2D eigenvalue weighted by molar-refractivity contribution is 8.13. The van der Waals surface area contributed by atoms with E-state index >= 15 is 0 Å². The van der Waals surface area contributed by atoms with E-state index in [-0.39, 0.29) is 15.6 Å². The molecule has 0 aliphatic rings. The highest BCUT2D eigenvalue weighted by Gasteiger charge is 2.24. The van der Waals surface area contributed by atoms with E-state index in [9.17, 15) is 21.6 Å². The van der Waals surface area contributed by atoms with Crippen molar-refractivity contribution < 1.29 is 21.6 Å². The van der Waals surface area contributed by atoms with Crippen LogP contribution in [0.1, 0.15) is 6.92 Å². The second kappa shape index (κ2) is 5.88. The van der Waals surface area contributed by atoms with Gasteiger partial charge in [0, 0.05) is 16.9 Å². The lowest BCUT2D eigenvalue weighted by Crippen LogP contribution is -2.31. The average Bonchev–Trinajstić information content (AvgIpc) is 2.28. The van der Waals surface area contributed by atoms with Gasteiger partial charge in [0.15, 0.2) is 9.84 Å². The number of benzene rings is 1. The second-order valence-electron chi connectivity index (χ2n) is 4.04. The Morgan fingerprint density at radius 2 is 1.80 bits per heavy atom. The molecule has 0 aliphatic heterocycles. The van der Waals surface area contributed by atoms with Crippen molar-refractivity contribution in [2.24, 2.45) is 0 Å². The SMILES string of the molecule is CC(C(=O)Nc1ccc(S(=O)(=O)Cl)cc1Cl)S(C)(=O)=O. The average molecular weight is 360 g/mol. The summed E-state index contributed by atoms with van der Waals surface area (Å²) >= 11 is 5.81. The molecule has 1 amide bonds. The summed E-state index contributed by atoms with van der Waals surface area (Å²) < 4.78 is 44.7. The Hall–Kier alpha value is -0.830. The molecule has 0 heterocycles. The van der Waals surface area contributed by atoms with Crippen molar-refractivity contribution in [3.63, 3.8) is 0 Å². The fourth-order valence-corrected chi connectivity index (χ4v) is 2.70. The lowest BCUT2D eigenvalue weighted by atomic mass is 10.3. The van der Waals surface area contributed by atoms with Crippen LogP contribution in [0.25, 0.3) is 0 Å². The smallest absolute Gasteiger partial charge is 0.261 e. The summed E-state index contributed by atoms with van der Waals surface area (Å²) in [5.74, 6) is -0.768. The zero-order chi connectivity index (χ0) is 15.7. The van der Waals surface area contributed by atoms with Crippen LogP contribution in [0.4, 0.5) is 5.69 Å². The summed E-state index contributed by atoms with van der Waals surface area (Å²) in [5.41, 5.74) is 0.0937. The molecule has 0 bridgehead atoms. The molecule has 0 saturated heterocycles. The maximum Gasteiger partial charge on any atom is 0.261 e. The highest BCUT2D eigenvalue weighted by atomic mass is 35.7. The summed E-state index contributed by atoms with van der Waals surface area (Å²) in [7, 11) is -2.32. The number of nitrogens with one attached hydrogen (secondary N) is 1. The molecule has 0 spiro atoms. The maximum atomic E-state index is 11.7. The molecule has 10 heteroatoms. The summed E-state index contributed by atoms with van der Waals surface area (Å²) in [6, 6.07) is 3.43. The summed E-state index contributed by atoms with van der Waals surface area (Å²) in [4.78, 5) is 11.5. The minimum atomic E-state index is -3.93. The first-order valence-electron chi connectivity index (χ1n) is 5.17. The number of rotatable bonds is 4. The number of halogens is 2. The van der Waals surface area contributed by atoms with E-state index in [0.29, 0.717) is 0 Å². The van der Waals surface area contributed by atoms with E-state index < -0.39 is 30.0 Å². The topological polar surface area (TPSA) is 97.4 Å². The molecule has 1 rings (SSSR count). The largest absolute Gasteiger partial charge is 0.324 e. The highest BCUT2D eigenvalue weighted by Crippen LogP contribution is 2.27. The van der Waals surface area contributed by atoms with Gasteiger partial charge in [0.1, 0.15) is 5.25 Å². The first-order chi connectivity index (χ1) is 8.93. The van der Waals surface area contributed by atoms with Gasteiger partial charge in [-0.25, -0.2) is 16.8 Å². The quantitative estimate of drug-likeness (QED) is 0.824. The lowest BCUT2D eigenvalue weighted by Gasteiger charge is -2.12. The predicted octanol–water partition coefficient (Wildman–Crippen LogP) is 1.64. The van der Waals surface area contributed by atoms with Crippen molar-refractivity contribution in [2.75, 3.05) is 11.6 Å². The van der Waals surface area contributed by atoms with Crippen LogP contribution < -0.4 is 5.32 Å². The van der Waals surface area contributed by atoms with Crippen LogP contribution in [0.5, 0.6) is 0 Å². The van der Waals surface area contributed by atoms with E-state index in [1.807, 2.05) is 0 Å². The third kappa shape index (κ3) is 4.34. The summed E-state index contributed by atoms with van der Waals surface area (Å²) in [5, 5.41) is 0.984. The maximum absolute atomic E-state index is 11.7. The van der Waals surface area contributed by atoms with Crippen LogP contribution in [0.15, 0.2) is 23.1 Å². The number of carbonyl (C=O) groups is 1. The molecule has 6 nitrogen and oxygen atoms in total. The van der Waals surface area contributed by atoms with Gasteiger partial charge in [-0.05, 0) is 25.1 Å². The van der Waals surface area contributed by atoms with Crippen molar-refractivity contribution in [1.82, 2.24) is 0 Å². The zero-order valence-corrected chi connectivity index (χ0v) is 13.6. The van der Waals surface area contributed by atoms with Crippen LogP contribution >= 0.6 is 22.3 Å². The molecule has 1 atom stereocenters. The Bertz CT molecular complexity index is 743. The molecule has 1 aromatic rings. The second-order valence-corrected chi connectivity index (χ2v) is 9.38. The number of sulfone groups is 1. The third-order valence-electron chi connectivity index (χ3n) is 2.49. The van der Waals surface area contributed by atoms with Crippen molar-refractivity contribution in [3.05, 3.63) is 23.2 Å². The molecule has 0 radical (unpaired) electrons. The van der Waals surface area contributed by atoms with Gasteiger partial charge in [-0.2, -0.15) is 0 Å². The van der Waals surface area contributed by atoms with Gasteiger partial charge in [0.25, 0.3) is 9.05 Å². The van der Waals surface area contributed by atoms with E-state index in [2.05, 4.69) is 5.32 Å². The first-order valence-corrected chi connectivity index (χ1v) is 9.81. The lowest BCUT2D eigenvalue weighted by molar-refractivity contribution is -0.115. The van der Waals surface area contributed by atoms with Gasteiger partial charge in [-0.15, -0.1) is 0 Å². The molecule has 112 valence electrons. The van der Waals surface area contributed by atoms with Gasteiger partial charge in [0.05, 0.1) is 15.6 Å². The standard InChI is InChI=1S/C10H11Cl2NO5S2/c1-6(19(2,15)16)10(14)13-9-4-3-7(5-8(9)11)20(12,17)18/h3-6H,1-2H3,(H,13,14). The fourth-order valence-electron chi connectivity index (χ4n) is 1.18. The van der Waals surface area contributed by atoms with Crippen LogP contribution in [0.2, 0.25) is 5.02 Å².